The third-order valence-electron chi connectivity index (χ3n) is 4.34. The van der Waals surface area contributed by atoms with Crippen LogP contribution >= 0.6 is 15.9 Å². The molecule has 176 valence electrons. The summed E-state index contributed by atoms with van der Waals surface area (Å²) in [6.07, 6.45) is 0.180. The van der Waals surface area contributed by atoms with Gasteiger partial charge >= 0.3 is 11.9 Å². The number of carbonyl (C=O) groups is 4. The fraction of sp³-hybridized carbons (Fsp3) is 0.333. The number of hydrogen-bond acceptors (Lipinski definition) is 6. The Kier molecular flexibility index (Phi) is 10.1. The van der Waals surface area contributed by atoms with Gasteiger partial charge in [-0.15, -0.1) is 0 Å². The van der Waals surface area contributed by atoms with Crippen molar-refractivity contribution >= 4 is 51.1 Å². The van der Waals surface area contributed by atoms with Crippen LogP contribution in [0.5, 0.6) is 0 Å². The van der Waals surface area contributed by atoms with Crippen LogP contribution in [0.1, 0.15) is 49.0 Å². The highest BCUT2D eigenvalue weighted by Crippen LogP contribution is 2.20. The molecule has 0 heterocycles. The first-order chi connectivity index (χ1) is 15.6. The zero-order valence-corrected chi connectivity index (χ0v) is 20.4. The summed E-state index contributed by atoms with van der Waals surface area (Å²) < 4.78 is 11.0. The molecular weight excluding hydrogens is 492 g/mol. The van der Waals surface area contributed by atoms with Gasteiger partial charge in [0.15, 0.2) is 6.61 Å². The number of ether oxygens (including phenoxy) is 2. The molecule has 0 spiro atoms. The summed E-state index contributed by atoms with van der Waals surface area (Å²) in [5.41, 5.74) is 2.50. The van der Waals surface area contributed by atoms with Gasteiger partial charge in [0.2, 0.25) is 5.91 Å². The molecule has 0 unspecified atom stereocenters. The average Bonchev–Trinajstić information content (AvgIpc) is 2.75. The van der Waals surface area contributed by atoms with Gasteiger partial charge < -0.3 is 20.1 Å². The first-order valence-corrected chi connectivity index (χ1v) is 11.3. The molecule has 33 heavy (non-hydrogen) atoms. The van der Waals surface area contributed by atoms with E-state index in [1.807, 2.05) is 13.0 Å². The standard InChI is InChI=1S/C24H27BrN2O6/c1-15(2)33-24(31)17-7-9-18(10-8-17)26-21(28)5-4-6-23(30)32-14-22(29)27-19-11-12-20(25)16(3)13-19/h7-13,15H,4-6,14H2,1-3H3,(H,26,28)(H,27,29). The number of carbonyl (C=O) groups excluding carboxylic acids is 4. The minimum Gasteiger partial charge on any atom is -0.459 e. The SMILES string of the molecule is Cc1cc(NC(=O)COC(=O)CCCC(=O)Nc2ccc(C(=O)OC(C)C)cc2)ccc1Br. The van der Waals surface area contributed by atoms with E-state index in [0.29, 0.717) is 16.9 Å². The predicted molar refractivity (Wildman–Crippen MR) is 128 cm³/mol. The van der Waals surface area contributed by atoms with Gasteiger partial charge in [-0.1, -0.05) is 15.9 Å². The van der Waals surface area contributed by atoms with Crippen LogP contribution in [0.25, 0.3) is 0 Å². The Morgan fingerprint density at radius 1 is 0.909 bits per heavy atom. The number of amides is 2. The predicted octanol–water partition coefficient (Wildman–Crippen LogP) is 4.61. The van der Waals surface area contributed by atoms with Gasteiger partial charge in [0.1, 0.15) is 0 Å². The van der Waals surface area contributed by atoms with Crippen molar-refractivity contribution in [2.75, 3.05) is 17.2 Å². The maximum Gasteiger partial charge on any atom is 0.338 e. The summed E-state index contributed by atoms with van der Waals surface area (Å²) >= 11 is 3.39. The Balaban J connectivity index is 1.66. The van der Waals surface area contributed by atoms with Crippen LogP contribution in [0.4, 0.5) is 11.4 Å². The zero-order chi connectivity index (χ0) is 24.4. The van der Waals surface area contributed by atoms with Crippen LogP contribution in [0.15, 0.2) is 46.9 Å². The second-order valence-corrected chi connectivity index (χ2v) is 8.46. The lowest BCUT2D eigenvalue weighted by Gasteiger charge is -2.09. The van der Waals surface area contributed by atoms with Crippen molar-refractivity contribution in [2.24, 2.45) is 0 Å². The molecule has 2 amide bonds. The molecule has 0 bridgehead atoms. The largest absolute Gasteiger partial charge is 0.459 e. The fourth-order valence-electron chi connectivity index (χ4n) is 2.73. The number of halogens is 1. The molecule has 2 aromatic carbocycles. The van der Waals surface area contributed by atoms with E-state index in [4.69, 9.17) is 9.47 Å². The molecule has 8 nitrogen and oxygen atoms in total. The fourth-order valence-corrected chi connectivity index (χ4v) is 2.97. The van der Waals surface area contributed by atoms with Crippen LogP contribution in [0.3, 0.4) is 0 Å². The average molecular weight is 519 g/mol. The molecule has 0 saturated carbocycles. The molecule has 0 aliphatic rings. The van der Waals surface area contributed by atoms with Crippen molar-refractivity contribution in [1.82, 2.24) is 0 Å². The first kappa shape index (κ1) is 26.1. The highest BCUT2D eigenvalue weighted by molar-refractivity contribution is 9.10. The van der Waals surface area contributed by atoms with E-state index in [9.17, 15) is 19.2 Å². The zero-order valence-electron chi connectivity index (χ0n) is 18.8. The molecule has 2 N–H and O–H groups in total. The Morgan fingerprint density at radius 2 is 1.55 bits per heavy atom. The smallest absolute Gasteiger partial charge is 0.338 e. The number of nitrogens with one attached hydrogen (secondary N) is 2. The molecule has 2 rings (SSSR count). The van der Waals surface area contributed by atoms with Gasteiger partial charge in [0, 0.05) is 28.7 Å². The summed E-state index contributed by atoms with van der Waals surface area (Å²) in [5.74, 6) is -1.70. The lowest BCUT2D eigenvalue weighted by molar-refractivity contribution is -0.147. The van der Waals surface area contributed by atoms with E-state index in [2.05, 4.69) is 26.6 Å². The Bertz CT molecular complexity index is 1000. The number of rotatable bonds is 10. The van der Waals surface area contributed by atoms with Crippen molar-refractivity contribution in [2.45, 2.75) is 46.1 Å². The number of anilines is 2. The molecule has 0 atom stereocenters. The summed E-state index contributed by atoms with van der Waals surface area (Å²) in [7, 11) is 0. The van der Waals surface area contributed by atoms with Crippen molar-refractivity contribution in [3.63, 3.8) is 0 Å². The van der Waals surface area contributed by atoms with E-state index in [1.165, 1.54) is 0 Å². The van der Waals surface area contributed by atoms with Gasteiger partial charge in [0.25, 0.3) is 5.91 Å². The van der Waals surface area contributed by atoms with Crippen molar-refractivity contribution in [1.29, 1.82) is 0 Å². The Labute approximate surface area is 201 Å². The molecule has 0 saturated heterocycles. The lowest BCUT2D eigenvalue weighted by atomic mass is 10.2. The molecule has 0 aliphatic carbocycles. The van der Waals surface area contributed by atoms with Gasteiger partial charge in [-0.3, -0.25) is 14.4 Å². The van der Waals surface area contributed by atoms with E-state index in [0.717, 1.165) is 10.0 Å². The summed E-state index contributed by atoms with van der Waals surface area (Å²) in [4.78, 5) is 47.6. The monoisotopic (exact) mass is 518 g/mol. The Hall–Kier alpha value is -3.20. The topological polar surface area (TPSA) is 111 Å². The molecule has 0 aromatic heterocycles. The third-order valence-corrected chi connectivity index (χ3v) is 5.23. The maximum atomic E-state index is 12.1. The quantitative estimate of drug-likeness (QED) is 0.444. The van der Waals surface area contributed by atoms with E-state index < -0.39 is 24.5 Å². The normalized spacial score (nSPS) is 10.5. The van der Waals surface area contributed by atoms with Crippen LogP contribution in [-0.4, -0.2) is 36.5 Å². The number of benzene rings is 2. The summed E-state index contributed by atoms with van der Waals surface area (Å²) in [5, 5.41) is 5.35. The van der Waals surface area contributed by atoms with E-state index in [1.54, 1.807) is 50.2 Å². The second-order valence-electron chi connectivity index (χ2n) is 7.61. The van der Waals surface area contributed by atoms with Gasteiger partial charge in [-0.25, -0.2) is 4.79 Å². The number of aryl methyl sites for hydroxylation is 1. The lowest BCUT2D eigenvalue weighted by Crippen LogP contribution is -2.21. The van der Waals surface area contributed by atoms with Gasteiger partial charge in [-0.2, -0.15) is 0 Å². The molecule has 0 radical (unpaired) electrons. The van der Waals surface area contributed by atoms with Gasteiger partial charge in [-0.05, 0) is 75.2 Å². The van der Waals surface area contributed by atoms with Gasteiger partial charge in [0.05, 0.1) is 11.7 Å². The molecule has 9 heteroatoms. The highest BCUT2D eigenvalue weighted by atomic mass is 79.9. The number of esters is 2. The van der Waals surface area contributed by atoms with E-state index in [-0.39, 0.29) is 31.3 Å². The van der Waals surface area contributed by atoms with Crippen LogP contribution in [0.2, 0.25) is 0 Å². The maximum absolute atomic E-state index is 12.1. The molecule has 2 aromatic rings. The number of hydrogen-bond donors (Lipinski definition) is 2. The highest BCUT2D eigenvalue weighted by Gasteiger charge is 2.12. The van der Waals surface area contributed by atoms with Crippen LogP contribution < -0.4 is 10.6 Å². The van der Waals surface area contributed by atoms with Crippen molar-refractivity contribution in [3.8, 4) is 0 Å². The minimum atomic E-state index is -0.557. The Morgan fingerprint density at radius 3 is 2.18 bits per heavy atom. The van der Waals surface area contributed by atoms with Crippen LogP contribution in [0, 0.1) is 6.92 Å². The minimum absolute atomic E-state index is 0.0120. The van der Waals surface area contributed by atoms with Crippen molar-refractivity contribution < 1.29 is 28.7 Å². The molecule has 0 fully saturated rings. The second kappa shape index (κ2) is 12.7. The summed E-state index contributed by atoms with van der Waals surface area (Å²) in [6, 6.07) is 11.7. The molecular formula is C24H27BrN2O6. The third kappa shape index (κ3) is 9.44. The summed E-state index contributed by atoms with van der Waals surface area (Å²) in [6.45, 7) is 5.03. The van der Waals surface area contributed by atoms with Crippen LogP contribution in [-0.2, 0) is 23.9 Å². The first-order valence-electron chi connectivity index (χ1n) is 10.5. The molecule has 0 aliphatic heterocycles. The van der Waals surface area contributed by atoms with Crippen molar-refractivity contribution in [3.05, 3.63) is 58.1 Å². The van der Waals surface area contributed by atoms with E-state index >= 15 is 0 Å².